The molecule has 230 valence electrons. The second-order valence-electron chi connectivity index (χ2n) is 13.3. The number of aromatic nitrogens is 1. The molecule has 9 nitrogen and oxygen atoms in total. The van der Waals surface area contributed by atoms with Gasteiger partial charge >= 0.3 is 6.09 Å². The van der Waals surface area contributed by atoms with Crippen LogP contribution in [0.15, 0.2) is 30.3 Å². The van der Waals surface area contributed by atoms with Gasteiger partial charge in [0, 0.05) is 57.7 Å². The number of carbonyl (C=O) groups excluding carboxylic acids is 1. The van der Waals surface area contributed by atoms with E-state index >= 15 is 0 Å². The lowest BCUT2D eigenvalue weighted by molar-refractivity contribution is -0.0700. The van der Waals surface area contributed by atoms with Crippen molar-refractivity contribution in [2.24, 2.45) is 5.92 Å². The Bertz CT molecular complexity index is 1390. The molecule has 0 bridgehead atoms. The summed E-state index contributed by atoms with van der Waals surface area (Å²) in [5, 5.41) is 0. The number of anilines is 2. The van der Waals surface area contributed by atoms with Crippen molar-refractivity contribution in [3.05, 3.63) is 41.5 Å². The Balaban J connectivity index is 1.15. The molecule has 2 saturated heterocycles. The maximum Gasteiger partial charge on any atom is 0.410 e. The number of hydrogen-bond donors (Lipinski definition) is 2. The molecule has 1 amide bonds. The van der Waals surface area contributed by atoms with Gasteiger partial charge in [-0.05, 0) is 87.2 Å². The molecule has 1 aromatic heterocycles. The molecule has 1 aliphatic carbocycles. The van der Waals surface area contributed by atoms with Gasteiger partial charge in [-0.3, -0.25) is 14.0 Å². The minimum Gasteiger partial charge on any atom is -0.444 e. The molecule has 4 heterocycles. The highest BCUT2D eigenvalue weighted by atomic mass is 32.3. The number of piperidine rings is 1. The van der Waals surface area contributed by atoms with E-state index in [2.05, 4.69) is 23.1 Å². The van der Waals surface area contributed by atoms with Crippen LogP contribution in [-0.2, 0) is 11.3 Å². The molecule has 3 aliphatic heterocycles. The SMILES string of the molecule is Cc1ccc(CN2CCC3(CC2)CCN3C(=O)OC(C)(C)C)cc1-c1ccc2c(n1)N(C)S(O)(O)N2CC1CC1(F)F. The van der Waals surface area contributed by atoms with Crippen LogP contribution < -0.4 is 8.61 Å². The maximum absolute atomic E-state index is 13.6. The summed E-state index contributed by atoms with van der Waals surface area (Å²) in [6, 6.07) is 9.89. The average Bonchev–Trinajstić information content (AvgIpc) is 3.46. The van der Waals surface area contributed by atoms with E-state index in [-0.39, 0.29) is 24.6 Å². The summed E-state index contributed by atoms with van der Waals surface area (Å²) in [6.07, 6.45) is 2.39. The van der Waals surface area contributed by atoms with Gasteiger partial charge in [-0.25, -0.2) is 27.2 Å². The summed E-state index contributed by atoms with van der Waals surface area (Å²) in [5.74, 6) is -3.28. The van der Waals surface area contributed by atoms with E-state index in [1.54, 1.807) is 6.07 Å². The zero-order valence-electron chi connectivity index (χ0n) is 24.9. The van der Waals surface area contributed by atoms with Crippen molar-refractivity contribution >= 4 is 28.6 Å². The van der Waals surface area contributed by atoms with Crippen LogP contribution in [0.3, 0.4) is 0 Å². The maximum atomic E-state index is 13.6. The summed E-state index contributed by atoms with van der Waals surface area (Å²) >= 11 is 0. The van der Waals surface area contributed by atoms with Crippen LogP contribution in [0.5, 0.6) is 0 Å². The van der Waals surface area contributed by atoms with Gasteiger partial charge in [0.05, 0.1) is 11.2 Å². The van der Waals surface area contributed by atoms with Crippen molar-refractivity contribution in [2.45, 2.75) is 77.0 Å². The Morgan fingerprint density at radius 1 is 1.12 bits per heavy atom. The number of hydrogen-bond acceptors (Lipinski definition) is 8. The summed E-state index contributed by atoms with van der Waals surface area (Å²) < 4.78 is 57.2. The molecule has 0 radical (unpaired) electrons. The van der Waals surface area contributed by atoms with Gasteiger partial charge in [-0.2, -0.15) is 0 Å². The van der Waals surface area contributed by atoms with Crippen molar-refractivity contribution < 1.29 is 27.4 Å². The third-order valence-electron chi connectivity index (χ3n) is 9.18. The van der Waals surface area contributed by atoms with E-state index in [0.717, 1.165) is 62.1 Å². The van der Waals surface area contributed by atoms with Gasteiger partial charge in [0.2, 0.25) is 0 Å². The quantitative estimate of drug-likeness (QED) is 0.398. The van der Waals surface area contributed by atoms with Crippen molar-refractivity contribution in [1.29, 1.82) is 0 Å². The van der Waals surface area contributed by atoms with Crippen molar-refractivity contribution in [3.63, 3.8) is 0 Å². The van der Waals surface area contributed by atoms with E-state index in [1.807, 2.05) is 38.7 Å². The van der Waals surface area contributed by atoms with Crippen LogP contribution in [0, 0.1) is 12.8 Å². The summed E-state index contributed by atoms with van der Waals surface area (Å²) in [4.78, 5) is 21.9. The minimum atomic E-state index is -3.46. The molecule has 6 rings (SSSR count). The largest absolute Gasteiger partial charge is 0.444 e. The zero-order valence-corrected chi connectivity index (χ0v) is 25.8. The molecule has 2 N–H and O–H groups in total. The van der Waals surface area contributed by atoms with Crippen LogP contribution in [0.1, 0.15) is 57.6 Å². The number of ether oxygens (including phenoxy) is 1. The van der Waals surface area contributed by atoms with Crippen molar-refractivity contribution in [3.8, 4) is 11.3 Å². The Morgan fingerprint density at radius 2 is 1.79 bits per heavy atom. The fraction of sp³-hybridized carbons (Fsp3) is 0.600. The van der Waals surface area contributed by atoms with E-state index < -0.39 is 28.4 Å². The third-order valence-corrected chi connectivity index (χ3v) is 11.0. The lowest BCUT2D eigenvalue weighted by atomic mass is 9.76. The summed E-state index contributed by atoms with van der Waals surface area (Å²) in [7, 11) is -1.92. The first-order valence-corrected chi connectivity index (χ1v) is 16.1. The number of nitrogens with zero attached hydrogens (tertiary/aromatic N) is 5. The fourth-order valence-electron chi connectivity index (χ4n) is 6.37. The lowest BCUT2D eigenvalue weighted by Crippen LogP contribution is -2.66. The molecule has 1 saturated carbocycles. The smallest absolute Gasteiger partial charge is 0.410 e. The highest BCUT2D eigenvalue weighted by Gasteiger charge is 2.59. The van der Waals surface area contributed by atoms with Gasteiger partial charge in [-0.1, -0.05) is 12.1 Å². The molecule has 12 heteroatoms. The highest BCUT2D eigenvalue weighted by Crippen LogP contribution is 2.62. The normalized spacial score (nSPS) is 24.8. The molecule has 2 aromatic rings. The summed E-state index contributed by atoms with van der Waals surface area (Å²) in [6.45, 7) is 10.9. The minimum absolute atomic E-state index is 0.0997. The second kappa shape index (κ2) is 9.93. The number of aryl methyl sites for hydroxylation is 1. The van der Waals surface area contributed by atoms with Crippen LogP contribution in [0.2, 0.25) is 0 Å². The topological polar surface area (TPSA) is 92.6 Å². The Hall–Kier alpha value is -2.67. The zero-order chi connectivity index (χ0) is 30.2. The Kier molecular flexibility index (Phi) is 6.95. The second-order valence-corrected chi connectivity index (χ2v) is 15.2. The number of amides is 1. The predicted molar refractivity (Wildman–Crippen MR) is 161 cm³/mol. The molecule has 4 aliphatic rings. The molecule has 3 fully saturated rings. The number of rotatable bonds is 5. The molecule has 1 spiro atoms. The highest BCUT2D eigenvalue weighted by molar-refractivity contribution is 8.26. The van der Waals surface area contributed by atoms with Gasteiger partial charge in [0.1, 0.15) is 11.3 Å². The van der Waals surface area contributed by atoms with E-state index in [4.69, 9.17) is 9.72 Å². The van der Waals surface area contributed by atoms with Crippen LogP contribution in [0.25, 0.3) is 11.3 Å². The first kappa shape index (κ1) is 29.4. The van der Waals surface area contributed by atoms with Crippen LogP contribution >= 0.6 is 11.0 Å². The fourth-order valence-corrected chi connectivity index (χ4v) is 7.82. The van der Waals surface area contributed by atoms with Crippen LogP contribution in [0.4, 0.5) is 25.1 Å². The molecule has 42 heavy (non-hydrogen) atoms. The van der Waals surface area contributed by atoms with Crippen molar-refractivity contribution in [1.82, 2.24) is 14.8 Å². The average molecular weight is 606 g/mol. The molecule has 1 unspecified atom stereocenters. The Morgan fingerprint density at radius 3 is 2.38 bits per heavy atom. The standard InChI is InChI=1S/C30H41F2N5O4S/c1-20-6-7-21(18-35-13-10-29(11-14-35)12-15-36(29)27(38)41-28(2,3)4)16-23(20)24-8-9-25-26(33-24)34(5)42(39,40)37(25)19-22-17-30(22,31)32/h6-9,16,22,39-40H,10-15,17-19H2,1-5H3. The van der Waals surface area contributed by atoms with Gasteiger partial charge in [0.15, 0.2) is 5.82 Å². The first-order chi connectivity index (χ1) is 19.6. The van der Waals surface area contributed by atoms with Gasteiger partial charge in [0.25, 0.3) is 5.92 Å². The van der Waals surface area contributed by atoms with Crippen LogP contribution in [-0.4, -0.2) is 80.3 Å². The van der Waals surface area contributed by atoms with Gasteiger partial charge < -0.3 is 9.64 Å². The number of fused-ring (bicyclic) bond motifs is 1. The Labute approximate surface area is 248 Å². The molecule has 1 atom stereocenters. The number of halogens is 2. The monoisotopic (exact) mass is 605 g/mol. The van der Waals surface area contributed by atoms with E-state index in [0.29, 0.717) is 17.2 Å². The number of likely N-dealkylation sites (tertiary alicyclic amines) is 2. The third kappa shape index (κ3) is 5.20. The number of alkyl halides is 2. The van der Waals surface area contributed by atoms with Gasteiger partial charge in [-0.15, -0.1) is 0 Å². The van der Waals surface area contributed by atoms with E-state index in [9.17, 15) is 22.7 Å². The van der Waals surface area contributed by atoms with E-state index in [1.165, 1.54) is 15.7 Å². The lowest BCUT2D eigenvalue weighted by Gasteiger charge is -2.56. The predicted octanol–water partition coefficient (Wildman–Crippen LogP) is 6.52. The molecular formula is C30H41F2N5O4S. The molecular weight excluding hydrogens is 564 g/mol. The number of carbonyl (C=O) groups is 1. The number of benzene rings is 1. The molecule has 1 aromatic carbocycles. The first-order valence-electron chi connectivity index (χ1n) is 14.6. The summed E-state index contributed by atoms with van der Waals surface area (Å²) in [5.41, 5.74) is 3.66. The number of pyridine rings is 1. The van der Waals surface area contributed by atoms with Crippen molar-refractivity contribution in [2.75, 3.05) is 41.8 Å².